The van der Waals surface area contributed by atoms with E-state index in [2.05, 4.69) is 24.3 Å². The molecule has 1 aromatic heterocycles. The molecular formula is C14H22ClN3O2. The van der Waals surface area contributed by atoms with Gasteiger partial charge in [-0.25, -0.2) is 4.68 Å². The monoisotopic (exact) mass is 299 g/mol. The van der Waals surface area contributed by atoms with Gasteiger partial charge in [-0.3, -0.25) is 4.79 Å². The number of anilines is 1. The molecule has 5 nitrogen and oxygen atoms in total. The smallest absolute Gasteiger partial charge is 0.287 e. The van der Waals surface area contributed by atoms with Gasteiger partial charge in [-0.15, -0.1) is 0 Å². The van der Waals surface area contributed by atoms with Gasteiger partial charge in [-0.05, 0) is 19.8 Å². The summed E-state index contributed by atoms with van der Waals surface area (Å²) in [5.41, 5.74) is 0.392. The highest BCUT2D eigenvalue weighted by Crippen LogP contribution is 2.22. The first-order valence-electron chi connectivity index (χ1n) is 7.23. The molecule has 1 aliphatic heterocycles. The minimum Gasteiger partial charge on any atom is -0.381 e. The number of ether oxygens (including phenoxy) is 1. The van der Waals surface area contributed by atoms with Crippen LogP contribution < -0.4 is 10.9 Å². The molecule has 0 amide bonds. The molecular weight excluding hydrogens is 278 g/mol. The second-order valence-electron chi connectivity index (χ2n) is 5.31. The fourth-order valence-electron chi connectivity index (χ4n) is 2.34. The SMILES string of the molecule is CCCCn1ncc(NC(C)C2CCOC2)c(Cl)c1=O. The van der Waals surface area contributed by atoms with Crippen molar-refractivity contribution in [3.05, 3.63) is 21.6 Å². The Labute approximate surface area is 124 Å². The lowest BCUT2D eigenvalue weighted by Gasteiger charge is -2.21. The van der Waals surface area contributed by atoms with Gasteiger partial charge in [-0.2, -0.15) is 5.10 Å². The molecule has 6 heteroatoms. The molecule has 1 N–H and O–H groups in total. The Bertz CT molecular complexity index is 498. The summed E-state index contributed by atoms with van der Waals surface area (Å²) in [4.78, 5) is 12.1. The van der Waals surface area contributed by atoms with E-state index in [-0.39, 0.29) is 16.6 Å². The number of hydrogen-bond donors (Lipinski definition) is 1. The average Bonchev–Trinajstić information content (AvgIpc) is 2.97. The predicted octanol–water partition coefficient (Wildman–Crippen LogP) is 2.53. The van der Waals surface area contributed by atoms with Crippen LogP contribution in [0.4, 0.5) is 5.69 Å². The molecule has 2 heterocycles. The van der Waals surface area contributed by atoms with E-state index in [1.54, 1.807) is 6.20 Å². The van der Waals surface area contributed by atoms with Crippen LogP contribution in [0, 0.1) is 5.92 Å². The van der Waals surface area contributed by atoms with Crippen LogP contribution in [0.3, 0.4) is 0 Å². The summed E-state index contributed by atoms with van der Waals surface area (Å²) in [5, 5.41) is 7.69. The summed E-state index contributed by atoms with van der Waals surface area (Å²) in [6.45, 7) is 6.33. The summed E-state index contributed by atoms with van der Waals surface area (Å²) in [6, 6.07) is 0.211. The second-order valence-corrected chi connectivity index (χ2v) is 5.69. The summed E-state index contributed by atoms with van der Waals surface area (Å²) in [5.74, 6) is 0.452. The van der Waals surface area contributed by atoms with Crippen LogP contribution in [0.1, 0.15) is 33.1 Å². The molecule has 0 saturated carbocycles. The van der Waals surface area contributed by atoms with Crippen LogP contribution in [0.25, 0.3) is 0 Å². The first-order valence-corrected chi connectivity index (χ1v) is 7.61. The Morgan fingerprint density at radius 3 is 3.10 bits per heavy atom. The maximum atomic E-state index is 12.1. The van der Waals surface area contributed by atoms with E-state index in [0.717, 1.165) is 32.5 Å². The number of halogens is 1. The quantitative estimate of drug-likeness (QED) is 0.877. The molecule has 2 rings (SSSR count). The largest absolute Gasteiger partial charge is 0.381 e. The second kappa shape index (κ2) is 7.09. The molecule has 1 aromatic rings. The maximum Gasteiger partial charge on any atom is 0.287 e. The predicted molar refractivity (Wildman–Crippen MR) is 80.4 cm³/mol. The summed E-state index contributed by atoms with van der Waals surface area (Å²) in [6.07, 6.45) is 4.62. The first-order chi connectivity index (χ1) is 9.63. The normalized spacial score (nSPS) is 20.1. The zero-order valence-corrected chi connectivity index (χ0v) is 12.8. The van der Waals surface area contributed by atoms with Crippen molar-refractivity contribution < 1.29 is 4.74 Å². The fraction of sp³-hybridized carbons (Fsp3) is 0.714. The zero-order chi connectivity index (χ0) is 14.5. The number of aromatic nitrogens is 2. The van der Waals surface area contributed by atoms with E-state index in [4.69, 9.17) is 16.3 Å². The number of aryl methyl sites for hydroxylation is 1. The topological polar surface area (TPSA) is 56.1 Å². The Hall–Kier alpha value is -1.07. The van der Waals surface area contributed by atoms with E-state index in [1.807, 2.05) is 0 Å². The Morgan fingerprint density at radius 2 is 2.45 bits per heavy atom. The van der Waals surface area contributed by atoms with Gasteiger partial charge in [0.25, 0.3) is 5.56 Å². The van der Waals surface area contributed by atoms with E-state index in [9.17, 15) is 4.79 Å². The Morgan fingerprint density at radius 1 is 1.65 bits per heavy atom. The third kappa shape index (κ3) is 3.52. The van der Waals surface area contributed by atoms with Crippen LogP contribution >= 0.6 is 11.6 Å². The molecule has 112 valence electrons. The van der Waals surface area contributed by atoms with Crippen molar-refractivity contribution in [2.24, 2.45) is 5.92 Å². The van der Waals surface area contributed by atoms with E-state index >= 15 is 0 Å². The van der Waals surface area contributed by atoms with Crippen LogP contribution in [-0.2, 0) is 11.3 Å². The first kappa shape index (κ1) is 15.3. The molecule has 0 spiro atoms. The average molecular weight is 300 g/mol. The molecule has 20 heavy (non-hydrogen) atoms. The van der Waals surface area contributed by atoms with Crippen LogP contribution in [0.5, 0.6) is 0 Å². The number of nitrogens with zero attached hydrogens (tertiary/aromatic N) is 2. The van der Waals surface area contributed by atoms with Gasteiger partial charge in [0.1, 0.15) is 5.02 Å². The van der Waals surface area contributed by atoms with E-state index < -0.39 is 0 Å². The minimum absolute atomic E-state index is 0.211. The van der Waals surface area contributed by atoms with Crippen molar-refractivity contribution in [1.29, 1.82) is 0 Å². The fourth-order valence-corrected chi connectivity index (χ4v) is 2.54. The molecule has 2 atom stereocenters. The standard InChI is InChI=1S/C14H22ClN3O2/c1-3-4-6-18-14(19)13(15)12(8-16-18)17-10(2)11-5-7-20-9-11/h8,10-11,17H,3-7,9H2,1-2H3. The highest BCUT2D eigenvalue weighted by Gasteiger charge is 2.23. The van der Waals surface area contributed by atoms with Gasteiger partial charge in [0.05, 0.1) is 18.5 Å². The maximum absolute atomic E-state index is 12.1. The van der Waals surface area contributed by atoms with Crippen molar-refractivity contribution in [3.63, 3.8) is 0 Å². The lowest BCUT2D eigenvalue weighted by Crippen LogP contribution is -2.29. The van der Waals surface area contributed by atoms with Crippen LogP contribution in [0.15, 0.2) is 11.0 Å². The number of nitrogens with one attached hydrogen (secondary N) is 1. The minimum atomic E-state index is -0.222. The van der Waals surface area contributed by atoms with Gasteiger partial charge in [0.15, 0.2) is 0 Å². The summed E-state index contributed by atoms with van der Waals surface area (Å²) < 4.78 is 6.81. The van der Waals surface area contributed by atoms with Crippen LogP contribution in [0.2, 0.25) is 5.02 Å². The molecule has 0 bridgehead atoms. The molecule has 0 aromatic carbocycles. The van der Waals surface area contributed by atoms with Gasteiger partial charge >= 0.3 is 0 Å². The van der Waals surface area contributed by atoms with Crippen molar-refractivity contribution >= 4 is 17.3 Å². The Kier molecular flexibility index (Phi) is 5.43. The lowest BCUT2D eigenvalue weighted by molar-refractivity contribution is 0.183. The molecule has 2 unspecified atom stereocenters. The highest BCUT2D eigenvalue weighted by atomic mass is 35.5. The number of unbranched alkanes of at least 4 members (excludes halogenated alkanes) is 1. The van der Waals surface area contributed by atoms with Crippen molar-refractivity contribution in [3.8, 4) is 0 Å². The molecule has 0 radical (unpaired) electrons. The van der Waals surface area contributed by atoms with Gasteiger partial charge in [0, 0.05) is 25.1 Å². The molecule has 1 aliphatic rings. The molecule has 0 aliphatic carbocycles. The van der Waals surface area contributed by atoms with Gasteiger partial charge in [-0.1, -0.05) is 24.9 Å². The lowest BCUT2D eigenvalue weighted by atomic mass is 10.0. The molecule has 1 saturated heterocycles. The molecule has 1 fully saturated rings. The Balaban J connectivity index is 2.08. The van der Waals surface area contributed by atoms with Crippen molar-refractivity contribution in [1.82, 2.24) is 9.78 Å². The summed E-state index contributed by atoms with van der Waals surface area (Å²) >= 11 is 6.16. The summed E-state index contributed by atoms with van der Waals surface area (Å²) in [7, 11) is 0. The zero-order valence-electron chi connectivity index (χ0n) is 12.1. The van der Waals surface area contributed by atoms with E-state index in [1.165, 1.54) is 4.68 Å². The third-order valence-electron chi connectivity index (χ3n) is 3.76. The third-order valence-corrected chi connectivity index (χ3v) is 4.13. The van der Waals surface area contributed by atoms with Crippen molar-refractivity contribution in [2.45, 2.75) is 45.7 Å². The number of rotatable bonds is 6. The number of hydrogen-bond acceptors (Lipinski definition) is 4. The van der Waals surface area contributed by atoms with E-state index in [0.29, 0.717) is 18.2 Å². The van der Waals surface area contributed by atoms with Crippen molar-refractivity contribution in [2.75, 3.05) is 18.5 Å². The highest BCUT2D eigenvalue weighted by molar-refractivity contribution is 6.32. The van der Waals surface area contributed by atoms with Gasteiger partial charge in [0.2, 0.25) is 0 Å². The van der Waals surface area contributed by atoms with Crippen LogP contribution in [-0.4, -0.2) is 29.0 Å². The van der Waals surface area contributed by atoms with Gasteiger partial charge < -0.3 is 10.1 Å².